The molecule has 1 aromatic carbocycles. The number of rotatable bonds is 2. The molecular formula is C14H11N3O2S. The van der Waals surface area contributed by atoms with Gasteiger partial charge in [-0.3, -0.25) is 14.6 Å². The SMILES string of the molecule is O=C1CSc2ccc(NC(=O)c3ccccn3)cc2N1. The molecule has 0 fully saturated rings. The molecule has 20 heavy (non-hydrogen) atoms. The Kier molecular flexibility index (Phi) is 3.39. The molecule has 6 heteroatoms. The Hall–Kier alpha value is -2.34. The number of nitrogens with one attached hydrogen (secondary N) is 2. The molecule has 5 nitrogen and oxygen atoms in total. The van der Waals surface area contributed by atoms with E-state index < -0.39 is 0 Å². The number of carbonyl (C=O) groups is 2. The lowest BCUT2D eigenvalue weighted by Gasteiger charge is -2.17. The summed E-state index contributed by atoms with van der Waals surface area (Å²) in [4.78, 5) is 28.3. The van der Waals surface area contributed by atoms with Gasteiger partial charge in [0.2, 0.25) is 5.91 Å². The van der Waals surface area contributed by atoms with Crippen molar-refractivity contribution in [2.24, 2.45) is 0 Å². The largest absolute Gasteiger partial charge is 0.324 e. The maximum Gasteiger partial charge on any atom is 0.274 e. The Morgan fingerprint density at radius 2 is 2.20 bits per heavy atom. The van der Waals surface area contributed by atoms with Crippen LogP contribution in [0, 0.1) is 0 Å². The fourth-order valence-corrected chi connectivity index (χ4v) is 2.64. The Balaban J connectivity index is 1.80. The number of aromatic nitrogens is 1. The van der Waals surface area contributed by atoms with Gasteiger partial charge in [-0.25, -0.2) is 0 Å². The molecule has 2 heterocycles. The minimum atomic E-state index is -0.277. The molecule has 0 aliphatic carbocycles. The van der Waals surface area contributed by atoms with E-state index in [1.54, 1.807) is 30.5 Å². The quantitative estimate of drug-likeness (QED) is 0.888. The molecule has 1 aromatic heterocycles. The van der Waals surface area contributed by atoms with E-state index in [-0.39, 0.29) is 11.8 Å². The molecule has 0 unspecified atom stereocenters. The van der Waals surface area contributed by atoms with Crippen LogP contribution in [0.3, 0.4) is 0 Å². The second-order valence-electron chi connectivity index (χ2n) is 4.22. The third kappa shape index (κ3) is 2.65. The van der Waals surface area contributed by atoms with Crippen LogP contribution in [0.25, 0.3) is 0 Å². The number of benzene rings is 1. The summed E-state index contributed by atoms with van der Waals surface area (Å²) in [5.74, 6) is 0.114. The van der Waals surface area contributed by atoms with Crippen LogP contribution < -0.4 is 10.6 Å². The molecule has 0 atom stereocenters. The van der Waals surface area contributed by atoms with Gasteiger partial charge in [0.15, 0.2) is 0 Å². The summed E-state index contributed by atoms with van der Waals surface area (Å²) in [6.07, 6.45) is 1.57. The maximum absolute atomic E-state index is 12.0. The Morgan fingerprint density at radius 1 is 1.30 bits per heavy atom. The van der Waals surface area contributed by atoms with Crippen LogP contribution in [0.5, 0.6) is 0 Å². The average molecular weight is 285 g/mol. The number of hydrogen-bond donors (Lipinski definition) is 2. The second kappa shape index (κ2) is 5.34. The summed E-state index contributed by atoms with van der Waals surface area (Å²) in [7, 11) is 0. The minimum Gasteiger partial charge on any atom is -0.324 e. The van der Waals surface area contributed by atoms with Crippen LogP contribution >= 0.6 is 11.8 Å². The van der Waals surface area contributed by atoms with Crippen LogP contribution in [0.2, 0.25) is 0 Å². The van der Waals surface area contributed by atoms with Gasteiger partial charge in [0.1, 0.15) is 5.69 Å². The number of nitrogens with zero attached hydrogens (tertiary/aromatic N) is 1. The summed E-state index contributed by atoms with van der Waals surface area (Å²) in [6.45, 7) is 0. The van der Waals surface area contributed by atoms with E-state index in [4.69, 9.17) is 0 Å². The summed E-state index contributed by atoms with van der Waals surface area (Å²) in [6, 6.07) is 10.6. The Bertz CT molecular complexity index is 673. The van der Waals surface area contributed by atoms with Crippen molar-refractivity contribution in [3.05, 3.63) is 48.3 Å². The zero-order valence-electron chi connectivity index (χ0n) is 10.4. The molecule has 0 saturated heterocycles. The van der Waals surface area contributed by atoms with Gasteiger partial charge in [-0.2, -0.15) is 0 Å². The summed E-state index contributed by atoms with van der Waals surface area (Å²) in [5.41, 5.74) is 1.70. The van der Waals surface area contributed by atoms with E-state index in [0.717, 1.165) is 10.6 Å². The summed E-state index contributed by atoms with van der Waals surface area (Å²) < 4.78 is 0. The molecule has 100 valence electrons. The van der Waals surface area contributed by atoms with Crippen molar-refractivity contribution < 1.29 is 9.59 Å². The standard InChI is InChI=1S/C14H11N3O2S/c18-13-8-20-12-5-4-9(7-11(12)17-13)16-14(19)10-3-1-2-6-15-10/h1-7H,8H2,(H,16,19)(H,17,18). The van der Waals surface area contributed by atoms with Gasteiger partial charge in [0.25, 0.3) is 5.91 Å². The molecule has 1 aliphatic heterocycles. The first kappa shape index (κ1) is 12.7. The number of pyridine rings is 1. The van der Waals surface area contributed by atoms with Crippen molar-refractivity contribution in [1.29, 1.82) is 0 Å². The van der Waals surface area contributed by atoms with Crippen molar-refractivity contribution >= 4 is 35.0 Å². The molecule has 0 saturated carbocycles. The van der Waals surface area contributed by atoms with E-state index in [0.29, 0.717) is 17.1 Å². The van der Waals surface area contributed by atoms with Crippen LogP contribution in [0.1, 0.15) is 10.5 Å². The maximum atomic E-state index is 12.0. The fraction of sp³-hybridized carbons (Fsp3) is 0.0714. The zero-order valence-corrected chi connectivity index (χ0v) is 11.2. The van der Waals surface area contributed by atoms with Gasteiger partial charge in [-0.1, -0.05) is 6.07 Å². The van der Waals surface area contributed by atoms with Crippen LogP contribution in [-0.4, -0.2) is 22.6 Å². The van der Waals surface area contributed by atoms with E-state index in [2.05, 4.69) is 15.6 Å². The lowest BCUT2D eigenvalue weighted by atomic mass is 10.2. The Labute approximate surface area is 119 Å². The lowest BCUT2D eigenvalue weighted by Crippen LogP contribution is -2.19. The molecule has 2 aromatic rings. The first-order chi connectivity index (χ1) is 9.72. The number of carbonyl (C=O) groups excluding carboxylic acids is 2. The highest BCUT2D eigenvalue weighted by molar-refractivity contribution is 8.00. The van der Waals surface area contributed by atoms with Crippen molar-refractivity contribution in [2.45, 2.75) is 4.90 Å². The van der Waals surface area contributed by atoms with Crippen molar-refractivity contribution in [2.75, 3.05) is 16.4 Å². The fourth-order valence-electron chi connectivity index (χ4n) is 1.85. The second-order valence-corrected chi connectivity index (χ2v) is 5.23. The van der Waals surface area contributed by atoms with E-state index in [1.165, 1.54) is 11.8 Å². The molecular weight excluding hydrogens is 274 g/mol. The third-order valence-corrected chi connectivity index (χ3v) is 3.84. The number of hydrogen-bond acceptors (Lipinski definition) is 4. The summed E-state index contributed by atoms with van der Waals surface area (Å²) in [5, 5.41) is 5.55. The highest BCUT2D eigenvalue weighted by atomic mass is 32.2. The normalized spacial score (nSPS) is 13.3. The van der Waals surface area contributed by atoms with Gasteiger partial charge >= 0.3 is 0 Å². The van der Waals surface area contributed by atoms with Gasteiger partial charge in [-0.15, -0.1) is 11.8 Å². The van der Waals surface area contributed by atoms with Gasteiger partial charge in [0.05, 0.1) is 11.4 Å². The van der Waals surface area contributed by atoms with E-state index in [1.807, 2.05) is 12.1 Å². The first-order valence-corrected chi connectivity index (χ1v) is 7.00. The van der Waals surface area contributed by atoms with E-state index >= 15 is 0 Å². The van der Waals surface area contributed by atoms with Crippen molar-refractivity contribution in [3.63, 3.8) is 0 Å². The van der Waals surface area contributed by atoms with Crippen LogP contribution in [-0.2, 0) is 4.79 Å². The lowest BCUT2D eigenvalue weighted by molar-refractivity contribution is -0.113. The van der Waals surface area contributed by atoms with E-state index in [9.17, 15) is 9.59 Å². The molecule has 2 amide bonds. The zero-order chi connectivity index (χ0) is 13.9. The van der Waals surface area contributed by atoms with Crippen molar-refractivity contribution in [1.82, 2.24) is 4.98 Å². The number of amides is 2. The smallest absolute Gasteiger partial charge is 0.274 e. The highest BCUT2D eigenvalue weighted by Crippen LogP contribution is 2.33. The molecule has 1 aliphatic rings. The average Bonchev–Trinajstić information content (AvgIpc) is 2.47. The summed E-state index contributed by atoms with van der Waals surface area (Å²) >= 11 is 1.48. The molecule has 2 N–H and O–H groups in total. The number of fused-ring (bicyclic) bond motifs is 1. The van der Waals surface area contributed by atoms with Crippen LogP contribution in [0.4, 0.5) is 11.4 Å². The first-order valence-electron chi connectivity index (χ1n) is 6.01. The van der Waals surface area contributed by atoms with Crippen LogP contribution in [0.15, 0.2) is 47.5 Å². The number of anilines is 2. The highest BCUT2D eigenvalue weighted by Gasteiger charge is 2.16. The third-order valence-electron chi connectivity index (χ3n) is 2.77. The van der Waals surface area contributed by atoms with Crippen molar-refractivity contribution in [3.8, 4) is 0 Å². The van der Waals surface area contributed by atoms with Gasteiger partial charge < -0.3 is 10.6 Å². The van der Waals surface area contributed by atoms with Gasteiger partial charge in [0, 0.05) is 16.8 Å². The predicted octanol–water partition coefficient (Wildman–Crippen LogP) is 2.38. The topological polar surface area (TPSA) is 71.1 Å². The van der Waals surface area contributed by atoms with Gasteiger partial charge in [-0.05, 0) is 30.3 Å². The molecule has 0 spiro atoms. The molecule has 0 bridgehead atoms. The number of thioether (sulfide) groups is 1. The molecule has 0 radical (unpaired) electrons. The Morgan fingerprint density at radius 3 is 3.00 bits per heavy atom. The monoisotopic (exact) mass is 285 g/mol. The minimum absolute atomic E-state index is 0.0318. The molecule has 3 rings (SSSR count). The predicted molar refractivity (Wildman–Crippen MR) is 78.0 cm³/mol.